The van der Waals surface area contributed by atoms with Crippen LogP contribution in [0.25, 0.3) is 0 Å². The molecule has 0 amide bonds. The van der Waals surface area contributed by atoms with Crippen molar-refractivity contribution < 1.29 is 17.9 Å². The van der Waals surface area contributed by atoms with Crippen LogP contribution in [-0.2, 0) is 26.6 Å². The van der Waals surface area contributed by atoms with Gasteiger partial charge in [0.1, 0.15) is 4.90 Å². The summed E-state index contributed by atoms with van der Waals surface area (Å²) in [6, 6.07) is 0. The second-order valence-electron chi connectivity index (χ2n) is 5.01. The van der Waals surface area contributed by atoms with Crippen molar-refractivity contribution in [1.82, 2.24) is 14.1 Å². The Kier molecular flexibility index (Phi) is 4.52. The number of anilines is 1. The third-order valence-corrected chi connectivity index (χ3v) is 5.33. The van der Waals surface area contributed by atoms with Crippen molar-refractivity contribution in [3.05, 3.63) is 6.20 Å². The summed E-state index contributed by atoms with van der Waals surface area (Å²) in [7, 11) is -2.13. The second-order valence-corrected chi connectivity index (χ2v) is 6.91. The van der Waals surface area contributed by atoms with Crippen LogP contribution in [0, 0.1) is 5.92 Å². The maximum Gasteiger partial charge on any atom is 0.310 e. The molecule has 1 aromatic rings. The SMILES string of the molecule is CCOC(=O)C1CCCN(S(=O)(=O)c2cn(C)nc2N)C1. The maximum absolute atomic E-state index is 12.6. The summed E-state index contributed by atoms with van der Waals surface area (Å²) in [5.74, 6) is -0.807. The first-order valence-corrected chi connectivity index (χ1v) is 8.26. The summed E-state index contributed by atoms with van der Waals surface area (Å²) in [5, 5.41) is 3.85. The van der Waals surface area contributed by atoms with Crippen LogP contribution in [0.5, 0.6) is 0 Å². The van der Waals surface area contributed by atoms with Gasteiger partial charge in [-0.15, -0.1) is 0 Å². The predicted molar refractivity (Wildman–Crippen MR) is 75.7 cm³/mol. The van der Waals surface area contributed by atoms with Crippen molar-refractivity contribution in [3.63, 3.8) is 0 Å². The lowest BCUT2D eigenvalue weighted by atomic mass is 10.0. The number of piperidine rings is 1. The molecule has 0 saturated carbocycles. The number of sulfonamides is 1. The van der Waals surface area contributed by atoms with Crippen molar-refractivity contribution in [2.75, 3.05) is 25.4 Å². The summed E-state index contributed by atoms with van der Waals surface area (Å²) >= 11 is 0. The fraction of sp³-hybridized carbons (Fsp3) is 0.667. The molecule has 2 heterocycles. The largest absolute Gasteiger partial charge is 0.466 e. The molecule has 21 heavy (non-hydrogen) atoms. The maximum atomic E-state index is 12.6. The molecule has 118 valence electrons. The van der Waals surface area contributed by atoms with Crippen LogP contribution in [-0.4, -0.2) is 48.2 Å². The molecule has 0 radical (unpaired) electrons. The van der Waals surface area contributed by atoms with Gasteiger partial charge in [0, 0.05) is 26.3 Å². The zero-order chi connectivity index (χ0) is 15.6. The van der Waals surface area contributed by atoms with Gasteiger partial charge in [-0.05, 0) is 19.8 Å². The Morgan fingerprint density at radius 1 is 1.57 bits per heavy atom. The predicted octanol–water partition coefficient (Wildman–Crippen LogP) is -0.0339. The Labute approximate surface area is 123 Å². The minimum absolute atomic E-state index is 0.0190. The zero-order valence-electron chi connectivity index (χ0n) is 12.2. The number of hydrogen-bond donors (Lipinski definition) is 1. The first-order chi connectivity index (χ1) is 9.86. The number of aromatic nitrogens is 2. The van der Waals surface area contributed by atoms with Crippen molar-refractivity contribution in [1.29, 1.82) is 0 Å². The molecule has 1 fully saturated rings. The minimum Gasteiger partial charge on any atom is -0.466 e. The fourth-order valence-electron chi connectivity index (χ4n) is 2.43. The van der Waals surface area contributed by atoms with Gasteiger partial charge in [-0.1, -0.05) is 0 Å². The second kappa shape index (κ2) is 6.02. The third-order valence-electron chi connectivity index (χ3n) is 3.44. The molecule has 8 nitrogen and oxygen atoms in total. The molecule has 0 aliphatic carbocycles. The molecule has 1 saturated heterocycles. The van der Waals surface area contributed by atoms with E-state index in [0.717, 1.165) is 0 Å². The van der Waals surface area contributed by atoms with Crippen molar-refractivity contribution in [2.24, 2.45) is 13.0 Å². The van der Waals surface area contributed by atoms with Gasteiger partial charge >= 0.3 is 5.97 Å². The van der Waals surface area contributed by atoms with Gasteiger partial charge < -0.3 is 10.5 Å². The molecule has 2 rings (SSSR count). The highest BCUT2D eigenvalue weighted by Crippen LogP contribution is 2.26. The molecule has 1 aromatic heterocycles. The van der Waals surface area contributed by atoms with Crippen LogP contribution in [0.1, 0.15) is 19.8 Å². The molecular weight excluding hydrogens is 296 g/mol. The quantitative estimate of drug-likeness (QED) is 0.781. The minimum atomic E-state index is -3.74. The average molecular weight is 316 g/mol. The van der Waals surface area contributed by atoms with Crippen molar-refractivity contribution in [3.8, 4) is 0 Å². The van der Waals surface area contributed by atoms with Gasteiger partial charge in [0.2, 0.25) is 10.0 Å². The van der Waals surface area contributed by atoms with Gasteiger partial charge in [0.25, 0.3) is 0 Å². The van der Waals surface area contributed by atoms with E-state index >= 15 is 0 Å². The molecule has 9 heteroatoms. The molecule has 2 N–H and O–H groups in total. The highest BCUT2D eigenvalue weighted by atomic mass is 32.2. The molecule has 1 aliphatic rings. The van der Waals surface area contributed by atoms with E-state index in [1.807, 2.05) is 0 Å². The number of ether oxygens (including phenoxy) is 1. The standard InChI is InChI=1S/C12H20N4O4S/c1-3-20-12(17)9-5-4-6-16(7-9)21(18,19)10-8-15(2)14-11(10)13/h8-9H,3-7H2,1-2H3,(H2,13,14). The number of nitrogen functional groups attached to an aromatic ring is 1. The Morgan fingerprint density at radius 3 is 2.86 bits per heavy atom. The lowest BCUT2D eigenvalue weighted by Crippen LogP contribution is -2.42. The van der Waals surface area contributed by atoms with E-state index in [0.29, 0.717) is 19.4 Å². The van der Waals surface area contributed by atoms with E-state index in [4.69, 9.17) is 10.5 Å². The van der Waals surface area contributed by atoms with Crippen LogP contribution in [0.15, 0.2) is 11.1 Å². The molecular formula is C12H20N4O4S. The highest BCUT2D eigenvalue weighted by Gasteiger charge is 2.35. The highest BCUT2D eigenvalue weighted by molar-refractivity contribution is 7.89. The summed E-state index contributed by atoms with van der Waals surface area (Å²) in [6.07, 6.45) is 2.62. The van der Waals surface area contributed by atoms with E-state index in [1.165, 1.54) is 15.2 Å². The third kappa shape index (κ3) is 3.18. The number of rotatable bonds is 4. The van der Waals surface area contributed by atoms with E-state index in [-0.39, 0.29) is 29.8 Å². The van der Waals surface area contributed by atoms with E-state index in [1.54, 1.807) is 14.0 Å². The topological polar surface area (TPSA) is 108 Å². The number of esters is 1. The smallest absolute Gasteiger partial charge is 0.310 e. The van der Waals surface area contributed by atoms with Crippen molar-refractivity contribution >= 4 is 21.8 Å². The Morgan fingerprint density at radius 2 is 2.29 bits per heavy atom. The summed E-state index contributed by atoms with van der Waals surface area (Å²) < 4.78 is 32.8. The molecule has 1 unspecified atom stereocenters. The number of carbonyl (C=O) groups excluding carboxylic acids is 1. The van der Waals surface area contributed by atoms with Crippen LogP contribution in [0.3, 0.4) is 0 Å². The number of hydrogen-bond acceptors (Lipinski definition) is 6. The number of carbonyl (C=O) groups is 1. The fourth-order valence-corrected chi connectivity index (χ4v) is 4.05. The molecule has 0 bridgehead atoms. The number of aryl methyl sites for hydroxylation is 1. The van der Waals surface area contributed by atoms with Crippen LogP contribution in [0.2, 0.25) is 0 Å². The lowest BCUT2D eigenvalue weighted by Gasteiger charge is -2.30. The lowest BCUT2D eigenvalue weighted by molar-refractivity contribution is -0.149. The monoisotopic (exact) mass is 316 g/mol. The molecule has 1 atom stereocenters. The van der Waals surface area contributed by atoms with Gasteiger partial charge in [-0.2, -0.15) is 9.40 Å². The van der Waals surface area contributed by atoms with Gasteiger partial charge in [0.15, 0.2) is 5.82 Å². The van der Waals surface area contributed by atoms with Gasteiger partial charge in [0.05, 0.1) is 12.5 Å². The summed E-state index contributed by atoms with van der Waals surface area (Å²) in [4.78, 5) is 11.8. The van der Waals surface area contributed by atoms with Crippen molar-refractivity contribution in [2.45, 2.75) is 24.7 Å². The first kappa shape index (κ1) is 15.8. The normalized spacial score (nSPS) is 20.4. The molecule has 0 spiro atoms. The number of nitrogens with zero attached hydrogens (tertiary/aromatic N) is 3. The Balaban J connectivity index is 2.20. The van der Waals surface area contributed by atoms with Gasteiger partial charge in [-0.25, -0.2) is 8.42 Å². The summed E-state index contributed by atoms with van der Waals surface area (Å²) in [6.45, 7) is 2.51. The Hall–Kier alpha value is -1.61. The van der Waals surface area contributed by atoms with Crippen LogP contribution in [0.4, 0.5) is 5.82 Å². The molecule has 1 aliphatic heterocycles. The van der Waals surface area contributed by atoms with Gasteiger partial charge in [-0.3, -0.25) is 9.48 Å². The average Bonchev–Trinajstić information content (AvgIpc) is 2.79. The van der Waals surface area contributed by atoms with E-state index in [2.05, 4.69) is 5.10 Å². The first-order valence-electron chi connectivity index (χ1n) is 6.82. The summed E-state index contributed by atoms with van der Waals surface area (Å²) in [5.41, 5.74) is 5.65. The number of nitrogens with two attached hydrogens (primary N) is 1. The van der Waals surface area contributed by atoms with E-state index in [9.17, 15) is 13.2 Å². The van der Waals surface area contributed by atoms with Crippen LogP contribution < -0.4 is 5.73 Å². The Bertz CT molecular complexity index is 625. The molecule has 0 aromatic carbocycles. The van der Waals surface area contributed by atoms with E-state index < -0.39 is 15.9 Å². The zero-order valence-corrected chi connectivity index (χ0v) is 13.0. The van der Waals surface area contributed by atoms with Crippen LogP contribution >= 0.6 is 0 Å².